The lowest BCUT2D eigenvalue weighted by Gasteiger charge is -2.26. The van der Waals surface area contributed by atoms with Gasteiger partial charge in [0.05, 0.1) is 5.69 Å². The van der Waals surface area contributed by atoms with Crippen molar-refractivity contribution in [3.63, 3.8) is 0 Å². The first-order valence-electron chi connectivity index (χ1n) is 10.8. The van der Waals surface area contributed by atoms with Gasteiger partial charge in [-0.3, -0.25) is 19.7 Å². The van der Waals surface area contributed by atoms with E-state index < -0.39 is 23.8 Å². The molecule has 3 aromatic carbocycles. The zero-order valence-electron chi connectivity index (χ0n) is 19.2. The monoisotopic (exact) mass is 601 g/mol. The van der Waals surface area contributed by atoms with Crippen LogP contribution in [0.5, 0.6) is 5.75 Å². The number of aryl methyl sites for hydroxylation is 1. The van der Waals surface area contributed by atoms with Crippen molar-refractivity contribution in [3.05, 3.63) is 91.9 Å². The number of carbonyl (C=O) groups excluding carboxylic acids is 4. The number of imide groups is 2. The van der Waals surface area contributed by atoms with Crippen LogP contribution < -0.4 is 20.3 Å². The first kappa shape index (κ1) is 26.4. The van der Waals surface area contributed by atoms with Crippen LogP contribution in [0.4, 0.5) is 16.2 Å². The Labute approximate surface area is 230 Å². The van der Waals surface area contributed by atoms with Crippen molar-refractivity contribution in [2.24, 2.45) is 0 Å². The maximum absolute atomic E-state index is 13.2. The van der Waals surface area contributed by atoms with Gasteiger partial charge in [0.15, 0.2) is 6.61 Å². The normalized spacial score (nSPS) is 14.5. The number of benzene rings is 3. The molecule has 188 valence electrons. The van der Waals surface area contributed by atoms with Gasteiger partial charge in [-0.05, 0) is 67.1 Å². The third kappa shape index (κ3) is 6.19. The molecule has 4 rings (SSSR count). The van der Waals surface area contributed by atoms with E-state index in [0.29, 0.717) is 25.8 Å². The van der Waals surface area contributed by atoms with Crippen LogP contribution in [0.2, 0.25) is 10.0 Å². The summed E-state index contributed by atoms with van der Waals surface area (Å²) >= 11 is 15.5. The molecule has 3 aromatic rings. The van der Waals surface area contributed by atoms with E-state index in [0.717, 1.165) is 10.5 Å². The van der Waals surface area contributed by atoms with E-state index in [4.69, 9.17) is 27.9 Å². The SMILES string of the molecule is Cc1ccc(NC(=O)COc2ccc(Br)cc2/C=C2\C(=O)NC(=O)N(c3cccc(Cl)c3)C2=O)cc1Cl. The number of nitrogens with zero attached hydrogens (tertiary/aromatic N) is 1. The van der Waals surface area contributed by atoms with Crippen LogP contribution in [-0.4, -0.2) is 30.4 Å². The van der Waals surface area contributed by atoms with Crippen molar-refractivity contribution < 1.29 is 23.9 Å². The van der Waals surface area contributed by atoms with Crippen molar-refractivity contribution in [2.75, 3.05) is 16.8 Å². The number of halogens is 3. The topological polar surface area (TPSA) is 105 Å². The molecule has 0 aromatic heterocycles. The van der Waals surface area contributed by atoms with Crippen molar-refractivity contribution in [2.45, 2.75) is 6.92 Å². The van der Waals surface area contributed by atoms with E-state index in [1.807, 2.05) is 6.92 Å². The van der Waals surface area contributed by atoms with E-state index in [2.05, 4.69) is 26.6 Å². The van der Waals surface area contributed by atoms with Gasteiger partial charge in [0, 0.05) is 25.8 Å². The van der Waals surface area contributed by atoms with Crippen molar-refractivity contribution in [3.8, 4) is 5.75 Å². The number of amides is 5. The van der Waals surface area contributed by atoms with Crippen LogP contribution in [0.3, 0.4) is 0 Å². The van der Waals surface area contributed by atoms with Crippen LogP contribution in [0, 0.1) is 6.92 Å². The highest BCUT2D eigenvalue weighted by atomic mass is 79.9. The fraction of sp³-hybridized carbons (Fsp3) is 0.0769. The van der Waals surface area contributed by atoms with Crippen LogP contribution >= 0.6 is 39.1 Å². The predicted octanol–water partition coefficient (Wildman–Crippen LogP) is 5.75. The Kier molecular flexibility index (Phi) is 7.97. The highest BCUT2D eigenvalue weighted by Crippen LogP contribution is 2.29. The standard InChI is InChI=1S/C26H18BrCl2N3O5/c1-14-5-7-18(12-21(14)29)30-23(33)13-37-22-8-6-16(27)9-15(22)10-20-24(34)31-26(36)32(25(20)35)19-4-2-3-17(28)11-19/h2-12H,13H2,1H3,(H,30,33)(H,31,34,36)/b20-10+. The van der Waals surface area contributed by atoms with Crippen LogP contribution in [-0.2, 0) is 14.4 Å². The van der Waals surface area contributed by atoms with Crippen molar-refractivity contribution >= 4 is 80.3 Å². The van der Waals surface area contributed by atoms with Gasteiger partial charge in [-0.1, -0.05) is 51.3 Å². The van der Waals surface area contributed by atoms with Gasteiger partial charge in [-0.2, -0.15) is 0 Å². The summed E-state index contributed by atoms with van der Waals surface area (Å²) in [6.07, 6.45) is 1.29. The summed E-state index contributed by atoms with van der Waals surface area (Å²) < 4.78 is 6.33. The van der Waals surface area contributed by atoms with Gasteiger partial charge in [-0.15, -0.1) is 0 Å². The Morgan fingerprint density at radius 2 is 1.86 bits per heavy atom. The van der Waals surface area contributed by atoms with Gasteiger partial charge < -0.3 is 10.1 Å². The third-order valence-corrected chi connectivity index (χ3v) is 6.39. The minimum atomic E-state index is -0.895. The molecule has 0 unspecified atom stereocenters. The Morgan fingerprint density at radius 3 is 2.59 bits per heavy atom. The number of carbonyl (C=O) groups is 4. The Bertz CT molecular complexity index is 1470. The number of ether oxygens (including phenoxy) is 1. The lowest BCUT2D eigenvalue weighted by atomic mass is 10.1. The average molecular weight is 603 g/mol. The Morgan fingerprint density at radius 1 is 1.08 bits per heavy atom. The molecular formula is C26H18BrCl2N3O5. The number of urea groups is 1. The molecule has 0 saturated carbocycles. The Balaban J connectivity index is 1.57. The number of nitrogens with one attached hydrogen (secondary N) is 2. The number of anilines is 2. The molecular weight excluding hydrogens is 585 g/mol. The number of barbiturate groups is 1. The number of hydrogen-bond donors (Lipinski definition) is 2. The molecule has 2 N–H and O–H groups in total. The maximum atomic E-state index is 13.2. The molecule has 0 aliphatic carbocycles. The van der Waals surface area contributed by atoms with E-state index in [-0.39, 0.29) is 23.6 Å². The Hall–Kier alpha value is -3.66. The highest BCUT2D eigenvalue weighted by molar-refractivity contribution is 9.10. The fourth-order valence-corrected chi connectivity index (χ4v) is 4.18. The van der Waals surface area contributed by atoms with Gasteiger partial charge >= 0.3 is 6.03 Å². The van der Waals surface area contributed by atoms with Crippen molar-refractivity contribution in [1.82, 2.24) is 5.32 Å². The molecule has 1 saturated heterocycles. The van der Waals surface area contributed by atoms with Gasteiger partial charge in [0.25, 0.3) is 17.7 Å². The quantitative estimate of drug-likeness (QED) is 0.276. The molecule has 1 heterocycles. The summed E-state index contributed by atoms with van der Waals surface area (Å²) in [4.78, 5) is 51.5. The number of rotatable bonds is 6. The molecule has 1 fully saturated rings. The third-order valence-electron chi connectivity index (χ3n) is 5.25. The second kappa shape index (κ2) is 11.2. The van der Waals surface area contributed by atoms with E-state index in [1.54, 1.807) is 48.5 Å². The highest BCUT2D eigenvalue weighted by Gasteiger charge is 2.37. The minimum absolute atomic E-state index is 0.201. The van der Waals surface area contributed by atoms with E-state index in [9.17, 15) is 19.2 Å². The predicted molar refractivity (Wildman–Crippen MR) is 145 cm³/mol. The van der Waals surface area contributed by atoms with Gasteiger partial charge in [-0.25, -0.2) is 9.69 Å². The molecule has 0 radical (unpaired) electrons. The first-order chi connectivity index (χ1) is 17.6. The zero-order valence-corrected chi connectivity index (χ0v) is 22.3. The molecule has 1 aliphatic rings. The fourth-order valence-electron chi connectivity index (χ4n) is 3.44. The van der Waals surface area contributed by atoms with Gasteiger partial charge in [0.2, 0.25) is 0 Å². The molecule has 37 heavy (non-hydrogen) atoms. The second-order valence-corrected chi connectivity index (χ2v) is 9.68. The van der Waals surface area contributed by atoms with E-state index >= 15 is 0 Å². The summed E-state index contributed by atoms with van der Waals surface area (Å²) in [5, 5.41) is 5.68. The molecule has 8 nitrogen and oxygen atoms in total. The smallest absolute Gasteiger partial charge is 0.335 e. The molecule has 0 atom stereocenters. The summed E-state index contributed by atoms with van der Waals surface area (Å²) in [6.45, 7) is 1.50. The molecule has 0 bridgehead atoms. The lowest BCUT2D eigenvalue weighted by molar-refractivity contribution is -0.122. The minimum Gasteiger partial charge on any atom is -0.483 e. The summed E-state index contributed by atoms with van der Waals surface area (Å²) in [6, 6.07) is 15.2. The largest absolute Gasteiger partial charge is 0.483 e. The van der Waals surface area contributed by atoms with Crippen LogP contribution in [0.25, 0.3) is 6.08 Å². The molecule has 1 aliphatic heterocycles. The zero-order chi connectivity index (χ0) is 26.7. The summed E-state index contributed by atoms with van der Waals surface area (Å²) in [5.74, 6) is -1.91. The lowest BCUT2D eigenvalue weighted by Crippen LogP contribution is -2.54. The molecule has 11 heteroatoms. The maximum Gasteiger partial charge on any atom is 0.335 e. The summed E-state index contributed by atoms with van der Waals surface area (Å²) in [7, 11) is 0. The van der Waals surface area contributed by atoms with Crippen LogP contribution in [0.15, 0.2) is 70.7 Å². The average Bonchev–Trinajstić information content (AvgIpc) is 2.83. The van der Waals surface area contributed by atoms with Crippen molar-refractivity contribution in [1.29, 1.82) is 0 Å². The molecule has 5 amide bonds. The molecule has 0 spiro atoms. The van der Waals surface area contributed by atoms with Crippen LogP contribution in [0.1, 0.15) is 11.1 Å². The first-order valence-corrected chi connectivity index (χ1v) is 12.3. The van der Waals surface area contributed by atoms with Gasteiger partial charge in [0.1, 0.15) is 11.3 Å². The second-order valence-electron chi connectivity index (χ2n) is 7.92. The van der Waals surface area contributed by atoms with E-state index in [1.165, 1.54) is 18.2 Å². The summed E-state index contributed by atoms with van der Waals surface area (Å²) in [5.41, 5.74) is 1.62. The number of hydrogen-bond acceptors (Lipinski definition) is 5.